The molecule has 1 aromatic carbocycles. The van der Waals surface area contributed by atoms with Crippen LogP contribution in [-0.4, -0.2) is 38.1 Å². The van der Waals surface area contributed by atoms with Gasteiger partial charge in [0.25, 0.3) is 0 Å². The lowest BCUT2D eigenvalue weighted by atomic mass is 10.1. The molecule has 1 atom stereocenters. The molecule has 0 aliphatic heterocycles. The number of amides is 1. The number of hydrogen-bond donors (Lipinski definition) is 0. The third kappa shape index (κ3) is 3.88. The minimum Gasteiger partial charge on any atom is -0.497 e. The standard InChI is InChI=1S/C15H23NO3/c1-6-11(2)16(3)15(17)10-12-9-13(18-4)7-8-14(12)19-5/h7-9,11H,6,10H2,1-5H3. The number of likely N-dealkylation sites (N-methyl/N-ethyl adjacent to an activating group) is 1. The lowest BCUT2D eigenvalue weighted by Gasteiger charge is -2.24. The van der Waals surface area contributed by atoms with Gasteiger partial charge in [0.1, 0.15) is 11.5 Å². The van der Waals surface area contributed by atoms with Crippen molar-refractivity contribution in [3.63, 3.8) is 0 Å². The SMILES string of the molecule is CCC(C)N(C)C(=O)Cc1cc(OC)ccc1OC. The summed E-state index contributed by atoms with van der Waals surface area (Å²) in [5.74, 6) is 1.53. The normalized spacial score (nSPS) is 11.8. The highest BCUT2D eigenvalue weighted by Gasteiger charge is 2.17. The molecule has 0 aliphatic rings. The molecule has 106 valence electrons. The van der Waals surface area contributed by atoms with Crippen molar-refractivity contribution in [3.8, 4) is 11.5 Å². The monoisotopic (exact) mass is 265 g/mol. The van der Waals surface area contributed by atoms with Crippen LogP contribution in [0.4, 0.5) is 0 Å². The number of benzene rings is 1. The van der Waals surface area contributed by atoms with Crippen molar-refractivity contribution in [1.29, 1.82) is 0 Å². The summed E-state index contributed by atoms with van der Waals surface area (Å²) < 4.78 is 10.5. The summed E-state index contributed by atoms with van der Waals surface area (Å²) in [6.07, 6.45) is 1.26. The molecule has 0 spiro atoms. The topological polar surface area (TPSA) is 38.8 Å². The van der Waals surface area contributed by atoms with Gasteiger partial charge in [-0.05, 0) is 31.5 Å². The molecular weight excluding hydrogens is 242 g/mol. The van der Waals surface area contributed by atoms with Crippen LogP contribution < -0.4 is 9.47 Å². The first-order valence-corrected chi connectivity index (χ1v) is 6.50. The van der Waals surface area contributed by atoms with Crippen molar-refractivity contribution >= 4 is 5.91 Å². The summed E-state index contributed by atoms with van der Waals surface area (Å²) in [7, 11) is 5.05. The van der Waals surface area contributed by atoms with Gasteiger partial charge in [-0.3, -0.25) is 4.79 Å². The molecule has 1 unspecified atom stereocenters. The Kier molecular flexibility index (Phi) is 5.67. The molecule has 0 bridgehead atoms. The van der Waals surface area contributed by atoms with E-state index in [0.29, 0.717) is 12.2 Å². The van der Waals surface area contributed by atoms with E-state index in [1.807, 2.05) is 32.2 Å². The van der Waals surface area contributed by atoms with Crippen LogP contribution in [0.15, 0.2) is 18.2 Å². The molecule has 0 N–H and O–H groups in total. The van der Waals surface area contributed by atoms with Crippen molar-refractivity contribution < 1.29 is 14.3 Å². The lowest BCUT2D eigenvalue weighted by molar-refractivity contribution is -0.131. The molecular formula is C15H23NO3. The van der Waals surface area contributed by atoms with Crippen LogP contribution in [0.5, 0.6) is 11.5 Å². The van der Waals surface area contributed by atoms with Gasteiger partial charge in [-0.25, -0.2) is 0 Å². The maximum absolute atomic E-state index is 12.2. The van der Waals surface area contributed by atoms with Gasteiger partial charge in [0.05, 0.1) is 20.6 Å². The molecule has 4 nitrogen and oxygen atoms in total. The second-order valence-corrected chi connectivity index (χ2v) is 4.62. The Morgan fingerprint density at radius 2 is 2.00 bits per heavy atom. The average molecular weight is 265 g/mol. The fraction of sp³-hybridized carbons (Fsp3) is 0.533. The minimum absolute atomic E-state index is 0.0842. The second kappa shape index (κ2) is 7.02. The number of carbonyl (C=O) groups excluding carboxylic acids is 1. The van der Waals surface area contributed by atoms with Gasteiger partial charge < -0.3 is 14.4 Å². The van der Waals surface area contributed by atoms with Crippen LogP contribution in [0.2, 0.25) is 0 Å². The highest BCUT2D eigenvalue weighted by Crippen LogP contribution is 2.25. The van der Waals surface area contributed by atoms with Crippen LogP contribution in [0.3, 0.4) is 0 Å². The van der Waals surface area contributed by atoms with Crippen LogP contribution in [0, 0.1) is 0 Å². The number of hydrogen-bond acceptors (Lipinski definition) is 3. The molecule has 0 fully saturated rings. The van der Waals surface area contributed by atoms with Gasteiger partial charge in [-0.15, -0.1) is 0 Å². The first-order chi connectivity index (χ1) is 9.03. The van der Waals surface area contributed by atoms with Crippen molar-refractivity contribution in [2.45, 2.75) is 32.7 Å². The summed E-state index contributed by atoms with van der Waals surface area (Å²) in [5.41, 5.74) is 0.849. The molecule has 0 saturated heterocycles. The van der Waals surface area contributed by atoms with E-state index in [4.69, 9.17) is 9.47 Å². The van der Waals surface area contributed by atoms with Crippen LogP contribution in [0.25, 0.3) is 0 Å². The third-order valence-electron chi connectivity index (χ3n) is 3.47. The van der Waals surface area contributed by atoms with Crippen molar-refractivity contribution in [3.05, 3.63) is 23.8 Å². The van der Waals surface area contributed by atoms with E-state index in [9.17, 15) is 4.79 Å². The Balaban J connectivity index is 2.88. The Bertz CT molecular complexity index is 431. The molecule has 4 heteroatoms. The number of nitrogens with zero attached hydrogens (tertiary/aromatic N) is 1. The number of carbonyl (C=O) groups is 1. The fourth-order valence-electron chi connectivity index (χ4n) is 1.83. The smallest absolute Gasteiger partial charge is 0.227 e. The van der Waals surface area contributed by atoms with Crippen LogP contribution >= 0.6 is 0 Å². The third-order valence-corrected chi connectivity index (χ3v) is 3.47. The second-order valence-electron chi connectivity index (χ2n) is 4.62. The summed E-state index contributed by atoms with van der Waals surface area (Å²) in [5, 5.41) is 0. The van der Waals surface area contributed by atoms with Gasteiger partial charge >= 0.3 is 0 Å². The van der Waals surface area contributed by atoms with Gasteiger partial charge in [-0.2, -0.15) is 0 Å². The Hall–Kier alpha value is -1.71. The molecule has 19 heavy (non-hydrogen) atoms. The van der Waals surface area contributed by atoms with Crippen molar-refractivity contribution in [1.82, 2.24) is 4.90 Å². The quantitative estimate of drug-likeness (QED) is 0.793. The first-order valence-electron chi connectivity index (χ1n) is 6.50. The number of ether oxygens (including phenoxy) is 2. The van der Waals surface area contributed by atoms with Crippen LogP contribution in [-0.2, 0) is 11.2 Å². The zero-order valence-corrected chi connectivity index (χ0v) is 12.4. The van der Waals surface area contributed by atoms with E-state index in [1.165, 1.54) is 0 Å². The van der Waals surface area contributed by atoms with E-state index >= 15 is 0 Å². The Morgan fingerprint density at radius 3 is 2.53 bits per heavy atom. The van der Waals surface area contributed by atoms with Crippen molar-refractivity contribution in [2.24, 2.45) is 0 Å². The van der Waals surface area contributed by atoms with Crippen LogP contribution in [0.1, 0.15) is 25.8 Å². The molecule has 1 aromatic rings. The first kappa shape index (κ1) is 15.3. The summed E-state index contributed by atoms with van der Waals surface area (Å²) >= 11 is 0. The highest BCUT2D eigenvalue weighted by atomic mass is 16.5. The molecule has 0 radical (unpaired) electrons. The van der Waals surface area contributed by atoms with Gasteiger partial charge in [-0.1, -0.05) is 6.92 Å². The minimum atomic E-state index is 0.0842. The molecule has 0 aromatic heterocycles. The predicted molar refractivity (Wildman–Crippen MR) is 75.8 cm³/mol. The fourth-order valence-corrected chi connectivity index (χ4v) is 1.83. The predicted octanol–water partition coefficient (Wildman–Crippen LogP) is 2.50. The van der Waals surface area contributed by atoms with Gasteiger partial charge in [0, 0.05) is 18.7 Å². The number of methoxy groups -OCH3 is 2. The maximum atomic E-state index is 12.2. The largest absolute Gasteiger partial charge is 0.497 e. The van der Waals surface area contributed by atoms with Gasteiger partial charge in [0.2, 0.25) is 5.91 Å². The molecule has 0 saturated carbocycles. The van der Waals surface area contributed by atoms with E-state index in [1.54, 1.807) is 19.1 Å². The molecule has 1 amide bonds. The molecule has 0 heterocycles. The summed E-state index contributed by atoms with van der Waals surface area (Å²) in [6.45, 7) is 4.11. The molecule has 1 rings (SSSR count). The highest BCUT2D eigenvalue weighted by molar-refractivity contribution is 5.79. The van der Waals surface area contributed by atoms with E-state index in [-0.39, 0.29) is 11.9 Å². The zero-order valence-electron chi connectivity index (χ0n) is 12.4. The lowest BCUT2D eigenvalue weighted by Crippen LogP contribution is -2.35. The van der Waals surface area contributed by atoms with E-state index in [2.05, 4.69) is 6.92 Å². The summed E-state index contributed by atoms with van der Waals surface area (Å²) in [4.78, 5) is 14.0. The number of rotatable bonds is 6. The Morgan fingerprint density at radius 1 is 1.32 bits per heavy atom. The van der Waals surface area contributed by atoms with Crippen molar-refractivity contribution in [2.75, 3.05) is 21.3 Å². The van der Waals surface area contributed by atoms with Gasteiger partial charge in [0.15, 0.2) is 0 Å². The average Bonchev–Trinajstić information content (AvgIpc) is 2.45. The zero-order chi connectivity index (χ0) is 14.4. The summed E-state index contributed by atoms with van der Waals surface area (Å²) in [6, 6.07) is 5.74. The van der Waals surface area contributed by atoms with E-state index in [0.717, 1.165) is 17.7 Å². The molecule has 0 aliphatic carbocycles. The Labute approximate surface area is 115 Å². The maximum Gasteiger partial charge on any atom is 0.227 e. The van der Waals surface area contributed by atoms with E-state index < -0.39 is 0 Å².